The second-order valence-electron chi connectivity index (χ2n) is 11.8. The highest BCUT2D eigenvalue weighted by atomic mass is 15.4. The largest absolute Gasteiger partial charge is 0.356 e. The van der Waals surface area contributed by atoms with Crippen molar-refractivity contribution in [3.05, 3.63) is 12.4 Å². The van der Waals surface area contributed by atoms with E-state index in [1.54, 1.807) is 0 Å². The van der Waals surface area contributed by atoms with Gasteiger partial charge in [-0.2, -0.15) is 0 Å². The Morgan fingerprint density at radius 3 is 1.03 bits per heavy atom. The Kier molecular flexibility index (Phi) is 24.1. The highest BCUT2D eigenvalue weighted by Gasteiger charge is 2.24. The summed E-state index contributed by atoms with van der Waals surface area (Å²) in [6.45, 7) is 9.44. The minimum Gasteiger partial charge on any atom is -0.356 e. The summed E-state index contributed by atoms with van der Waals surface area (Å²) in [4.78, 5) is 5.33. The van der Waals surface area contributed by atoms with E-state index in [0.29, 0.717) is 6.17 Å². The van der Waals surface area contributed by atoms with E-state index in [9.17, 15) is 0 Å². The molecule has 2 nitrogen and oxygen atoms in total. The van der Waals surface area contributed by atoms with Gasteiger partial charge in [0.05, 0.1) is 0 Å². The van der Waals surface area contributed by atoms with E-state index < -0.39 is 0 Å². The van der Waals surface area contributed by atoms with Gasteiger partial charge in [-0.3, -0.25) is 0 Å². The Labute approximate surface area is 229 Å². The molecule has 1 rings (SSSR count). The van der Waals surface area contributed by atoms with E-state index in [-0.39, 0.29) is 0 Å². The summed E-state index contributed by atoms with van der Waals surface area (Å²) in [6.07, 6.45) is 42.6. The summed E-state index contributed by atoms with van der Waals surface area (Å²) in [5.41, 5.74) is 0. The SMILES string of the molecule is CCCCCCCCCCCCCCCCCCCC1N(CCCCC)C=CN1CCCCCCC. The first-order valence-corrected chi connectivity index (χ1v) is 17.0. The van der Waals surface area contributed by atoms with Gasteiger partial charge in [0.25, 0.3) is 0 Å². The fourth-order valence-corrected chi connectivity index (χ4v) is 5.83. The standard InChI is InChI=1S/C34H68N2/c1-4-7-10-12-13-14-15-16-17-18-19-20-21-22-23-24-26-29-34-35(30-27-9-6-3)32-33-36(34)31-28-25-11-8-5-2/h32-34H,4-31H2,1-3H3. The molecule has 1 unspecified atom stereocenters. The van der Waals surface area contributed by atoms with Crippen LogP contribution in [0.5, 0.6) is 0 Å². The van der Waals surface area contributed by atoms with Crippen molar-refractivity contribution < 1.29 is 0 Å². The summed E-state index contributed by atoms with van der Waals surface area (Å²) in [5.74, 6) is 0. The van der Waals surface area contributed by atoms with Gasteiger partial charge in [-0.05, 0) is 25.7 Å². The Hall–Kier alpha value is -0.660. The molecular formula is C34H68N2. The number of hydrogen-bond acceptors (Lipinski definition) is 2. The van der Waals surface area contributed by atoms with Gasteiger partial charge in [0.15, 0.2) is 0 Å². The molecule has 0 fully saturated rings. The highest BCUT2D eigenvalue weighted by Crippen LogP contribution is 2.23. The molecule has 1 heterocycles. The predicted molar refractivity (Wildman–Crippen MR) is 163 cm³/mol. The van der Waals surface area contributed by atoms with Crippen LogP contribution in [0.2, 0.25) is 0 Å². The molecule has 0 spiro atoms. The van der Waals surface area contributed by atoms with Crippen LogP contribution in [0.3, 0.4) is 0 Å². The molecule has 0 bridgehead atoms. The maximum absolute atomic E-state index is 2.67. The van der Waals surface area contributed by atoms with E-state index in [0.717, 1.165) is 0 Å². The molecule has 1 aliphatic heterocycles. The van der Waals surface area contributed by atoms with E-state index in [4.69, 9.17) is 0 Å². The lowest BCUT2D eigenvalue weighted by molar-refractivity contribution is 0.135. The van der Waals surface area contributed by atoms with Crippen LogP contribution in [-0.2, 0) is 0 Å². The highest BCUT2D eigenvalue weighted by molar-refractivity contribution is 4.97. The smallest absolute Gasteiger partial charge is 0.101 e. The summed E-state index contributed by atoms with van der Waals surface area (Å²) in [6, 6.07) is 0. The van der Waals surface area contributed by atoms with Gasteiger partial charge in [-0.25, -0.2) is 0 Å². The Morgan fingerprint density at radius 2 is 0.639 bits per heavy atom. The van der Waals surface area contributed by atoms with Gasteiger partial charge < -0.3 is 9.80 Å². The summed E-state index contributed by atoms with van der Waals surface area (Å²) >= 11 is 0. The minimum absolute atomic E-state index is 0.643. The van der Waals surface area contributed by atoms with Crippen LogP contribution in [0.15, 0.2) is 12.4 Å². The third kappa shape index (κ3) is 18.6. The van der Waals surface area contributed by atoms with Gasteiger partial charge in [0.2, 0.25) is 0 Å². The van der Waals surface area contributed by atoms with Gasteiger partial charge in [-0.15, -0.1) is 0 Å². The van der Waals surface area contributed by atoms with Crippen LogP contribution in [0.4, 0.5) is 0 Å². The van der Waals surface area contributed by atoms with Crippen LogP contribution in [-0.4, -0.2) is 29.1 Å². The van der Waals surface area contributed by atoms with Crippen LogP contribution < -0.4 is 0 Å². The van der Waals surface area contributed by atoms with E-state index >= 15 is 0 Å². The Morgan fingerprint density at radius 1 is 0.361 bits per heavy atom. The van der Waals surface area contributed by atoms with E-state index in [1.165, 1.54) is 180 Å². The third-order valence-corrected chi connectivity index (χ3v) is 8.32. The maximum Gasteiger partial charge on any atom is 0.101 e. The molecule has 0 radical (unpaired) electrons. The molecule has 36 heavy (non-hydrogen) atoms. The van der Waals surface area contributed by atoms with Gasteiger partial charge in [0, 0.05) is 25.5 Å². The first-order valence-electron chi connectivity index (χ1n) is 17.0. The first-order chi connectivity index (χ1) is 17.8. The normalized spacial score (nSPS) is 15.5. The van der Waals surface area contributed by atoms with Crippen molar-refractivity contribution in [2.45, 2.75) is 194 Å². The molecule has 0 aromatic heterocycles. The van der Waals surface area contributed by atoms with Crippen LogP contribution in [0.1, 0.15) is 188 Å². The monoisotopic (exact) mass is 505 g/mol. The zero-order chi connectivity index (χ0) is 25.9. The minimum atomic E-state index is 0.643. The summed E-state index contributed by atoms with van der Waals surface area (Å²) in [7, 11) is 0. The van der Waals surface area contributed by atoms with Gasteiger partial charge in [-0.1, -0.05) is 162 Å². The lowest BCUT2D eigenvalue weighted by Crippen LogP contribution is -2.39. The molecule has 214 valence electrons. The molecule has 2 heteroatoms. The zero-order valence-corrected chi connectivity index (χ0v) is 25.4. The molecule has 0 aromatic carbocycles. The third-order valence-electron chi connectivity index (χ3n) is 8.32. The molecular weight excluding hydrogens is 436 g/mol. The first kappa shape index (κ1) is 33.4. The molecule has 0 amide bonds. The average Bonchev–Trinajstić information content (AvgIpc) is 3.27. The summed E-state index contributed by atoms with van der Waals surface area (Å²) in [5, 5.41) is 0. The predicted octanol–water partition coefficient (Wildman–Crippen LogP) is 11.6. The molecule has 0 aromatic rings. The maximum atomic E-state index is 2.67. The lowest BCUT2D eigenvalue weighted by atomic mass is 10.0. The topological polar surface area (TPSA) is 6.48 Å². The van der Waals surface area contributed by atoms with Crippen LogP contribution >= 0.6 is 0 Å². The summed E-state index contributed by atoms with van der Waals surface area (Å²) < 4.78 is 0. The molecule has 1 aliphatic rings. The van der Waals surface area contributed by atoms with Crippen molar-refractivity contribution in [2.24, 2.45) is 0 Å². The van der Waals surface area contributed by atoms with E-state index in [2.05, 4.69) is 43.0 Å². The van der Waals surface area contributed by atoms with E-state index in [1.807, 2.05) is 0 Å². The van der Waals surface area contributed by atoms with Crippen molar-refractivity contribution in [2.75, 3.05) is 13.1 Å². The number of nitrogens with zero attached hydrogens (tertiary/aromatic N) is 2. The quantitative estimate of drug-likeness (QED) is 0.0977. The van der Waals surface area contributed by atoms with Crippen molar-refractivity contribution in [1.29, 1.82) is 0 Å². The van der Waals surface area contributed by atoms with Crippen LogP contribution in [0.25, 0.3) is 0 Å². The van der Waals surface area contributed by atoms with Crippen molar-refractivity contribution >= 4 is 0 Å². The number of unbranched alkanes of at least 4 members (excludes halogenated alkanes) is 22. The average molecular weight is 505 g/mol. The zero-order valence-electron chi connectivity index (χ0n) is 25.4. The molecule has 0 N–H and O–H groups in total. The molecule has 0 saturated carbocycles. The Bertz CT molecular complexity index is 460. The Balaban J connectivity index is 2.02. The second kappa shape index (κ2) is 26.0. The number of hydrogen-bond donors (Lipinski definition) is 0. The van der Waals surface area contributed by atoms with Crippen molar-refractivity contribution in [3.8, 4) is 0 Å². The van der Waals surface area contributed by atoms with Crippen molar-refractivity contribution in [3.63, 3.8) is 0 Å². The second-order valence-corrected chi connectivity index (χ2v) is 11.8. The molecule has 0 aliphatic carbocycles. The lowest BCUT2D eigenvalue weighted by Gasteiger charge is -2.33. The van der Waals surface area contributed by atoms with Gasteiger partial charge >= 0.3 is 0 Å². The molecule has 1 atom stereocenters. The number of rotatable bonds is 28. The van der Waals surface area contributed by atoms with Gasteiger partial charge in [0.1, 0.15) is 6.17 Å². The fourth-order valence-electron chi connectivity index (χ4n) is 5.83. The van der Waals surface area contributed by atoms with Crippen LogP contribution in [0, 0.1) is 0 Å². The molecule has 0 saturated heterocycles. The fraction of sp³-hybridized carbons (Fsp3) is 0.941. The van der Waals surface area contributed by atoms with Crippen molar-refractivity contribution in [1.82, 2.24) is 9.80 Å².